The van der Waals surface area contributed by atoms with Crippen LogP contribution in [0.15, 0.2) is 12.5 Å². The van der Waals surface area contributed by atoms with E-state index in [0.29, 0.717) is 12.6 Å². The van der Waals surface area contributed by atoms with Crippen molar-refractivity contribution < 1.29 is 4.79 Å². The van der Waals surface area contributed by atoms with E-state index >= 15 is 0 Å². The summed E-state index contributed by atoms with van der Waals surface area (Å²) >= 11 is 0. The summed E-state index contributed by atoms with van der Waals surface area (Å²) in [5.74, 6) is 0.110. The number of carbonyl (C=O) groups excluding carboxylic acids is 1. The first kappa shape index (κ1) is 12.7. The van der Waals surface area contributed by atoms with Gasteiger partial charge in [0.15, 0.2) is 0 Å². The standard InChI is InChI=1S/C14H22N4O/c1-14(4-6-15-7-5-14)12-8-16-10-18(12)9-13(19)17-11-2-3-11/h8,10-11,15H,2-7,9H2,1H3,(H,17,19). The number of amides is 1. The highest BCUT2D eigenvalue weighted by Crippen LogP contribution is 2.32. The lowest BCUT2D eigenvalue weighted by Crippen LogP contribution is -2.39. The van der Waals surface area contributed by atoms with Gasteiger partial charge in [-0.05, 0) is 38.8 Å². The average molecular weight is 262 g/mol. The number of imidazole rings is 1. The zero-order valence-corrected chi connectivity index (χ0v) is 11.5. The van der Waals surface area contributed by atoms with Crippen LogP contribution in [0, 0.1) is 0 Å². The second-order valence-electron chi connectivity index (χ2n) is 6.06. The van der Waals surface area contributed by atoms with Gasteiger partial charge in [0.1, 0.15) is 6.54 Å². The molecule has 3 rings (SSSR count). The van der Waals surface area contributed by atoms with Gasteiger partial charge >= 0.3 is 0 Å². The quantitative estimate of drug-likeness (QED) is 0.844. The molecule has 1 aliphatic carbocycles. The third-order valence-corrected chi connectivity index (χ3v) is 4.29. The molecule has 2 fully saturated rings. The van der Waals surface area contributed by atoms with E-state index in [1.807, 2.05) is 10.8 Å². The Kier molecular flexibility index (Phi) is 3.31. The highest BCUT2D eigenvalue weighted by atomic mass is 16.2. The number of piperidine rings is 1. The molecular weight excluding hydrogens is 240 g/mol. The van der Waals surface area contributed by atoms with Crippen molar-refractivity contribution in [1.82, 2.24) is 20.2 Å². The zero-order valence-electron chi connectivity index (χ0n) is 11.5. The van der Waals surface area contributed by atoms with Crippen LogP contribution in [-0.2, 0) is 16.8 Å². The third-order valence-electron chi connectivity index (χ3n) is 4.29. The van der Waals surface area contributed by atoms with E-state index in [2.05, 4.69) is 22.5 Å². The van der Waals surface area contributed by atoms with Gasteiger partial charge in [-0.25, -0.2) is 4.98 Å². The van der Waals surface area contributed by atoms with Crippen LogP contribution in [0.25, 0.3) is 0 Å². The largest absolute Gasteiger partial charge is 0.352 e. The Morgan fingerprint density at radius 1 is 1.53 bits per heavy atom. The van der Waals surface area contributed by atoms with E-state index in [1.165, 1.54) is 5.69 Å². The maximum absolute atomic E-state index is 11.9. The van der Waals surface area contributed by atoms with Crippen LogP contribution in [0.5, 0.6) is 0 Å². The van der Waals surface area contributed by atoms with Crippen LogP contribution >= 0.6 is 0 Å². The first-order chi connectivity index (χ1) is 9.17. The lowest BCUT2D eigenvalue weighted by molar-refractivity contribution is -0.121. The first-order valence-corrected chi connectivity index (χ1v) is 7.18. The number of hydrogen-bond donors (Lipinski definition) is 2. The van der Waals surface area contributed by atoms with Crippen LogP contribution in [0.1, 0.15) is 38.3 Å². The minimum atomic E-state index is 0.110. The summed E-state index contributed by atoms with van der Waals surface area (Å²) in [6, 6.07) is 0.425. The summed E-state index contributed by atoms with van der Waals surface area (Å²) in [7, 11) is 0. The van der Waals surface area contributed by atoms with Crippen molar-refractivity contribution in [3.63, 3.8) is 0 Å². The van der Waals surface area contributed by atoms with Gasteiger partial charge in [0.05, 0.1) is 6.33 Å². The summed E-state index contributed by atoms with van der Waals surface area (Å²) in [5.41, 5.74) is 1.33. The van der Waals surface area contributed by atoms with Crippen LogP contribution in [-0.4, -0.2) is 34.6 Å². The Bertz CT molecular complexity index is 458. The molecule has 0 bridgehead atoms. The van der Waals surface area contributed by atoms with Crippen LogP contribution in [0.2, 0.25) is 0 Å². The molecule has 104 valence electrons. The molecule has 1 amide bonds. The maximum atomic E-state index is 11.9. The predicted octanol–water partition coefficient (Wildman–Crippen LogP) is 0.803. The summed E-state index contributed by atoms with van der Waals surface area (Å²) in [6.07, 6.45) is 8.18. The zero-order chi connectivity index (χ0) is 13.3. The molecule has 0 aromatic carbocycles. The Balaban J connectivity index is 1.71. The highest BCUT2D eigenvalue weighted by Gasteiger charge is 2.32. The lowest BCUT2D eigenvalue weighted by atomic mass is 9.78. The summed E-state index contributed by atoms with van der Waals surface area (Å²) in [6.45, 7) is 4.75. The molecule has 19 heavy (non-hydrogen) atoms. The van der Waals surface area contributed by atoms with Gasteiger partial charge in [-0.15, -0.1) is 0 Å². The fraction of sp³-hybridized carbons (Fsp3) is 0.714. The van der Waals surface area contributed by atoms with E-state index in [0.717, 1.165) is 38.8 Å². The van der Waals surface area contributed by atoms with Gasteiger partial charge in [-0.2, -0.15) is 0 Å². The fourth-order valence-corrected chi connectivity index (χ4v) is 2.84. The minimum absolute atomic E-state index is 0.110. The second-order valence-corrected chi connectivity index (χ2v) is 6.06. The summed E-state index contributed by atoms with van der Waals surface area (Å²) < 4.78 is 2.02. The van der Waals surface area contributed by atoms with Gasteiger partial charge in [-0.1, -0.05) is 6.92 Å². The molecular formula is C14H22N4O. The molecule has 1 aliphatic heterocycles. The lowest BCUT2D eigenvalue weighted by Gasteiger charge is -2.34. The van der Waals surface area contributed by atoms with Crippen LogP contribution in [0.4, 0.5) is 0 Å². The Hall–Kier alpha value is -1.36. The van der Waals surface area contributed by atoms with Gasteiger partial charge in [-0.3, -0.25) is 4.79 Å². The molecule has 1 aromatic heterocycles. The molecule has 2 heterocycles. The number of nitrogens with one attached hydrogen (secondary N) is 2. The molecule has 2 N–H and O–H groups in total. The topological polar surface area (TPSA) is 59.0 Å². The molecule has 2 aliphatic rings. The van der Waals surface area contributed by atoms with Crippen molar-refractivity contribution in [1.29, 1.82) is 0 Å². The Labute approximate surface area is 113 Å². The van der Waals surface area contributed by atoms with Gasteiger partial charge < -0.3 is 15.2 Å². The van der Waals surface area contributed by atoms with Crippen molar-refractivity contribution in [2.75, 3.05) is 13.1 Å². The molecule has 1 saturated carbocycles. The van der Waals surface area contributed by atoms with Gasteiger partial charge in [0.25, 0.3) is 0 Å². The third kappa shape index (κ3) is 2.81. The average Bonchev–Trinajstić information content (AvgIpc) is 3.05. The number of aromatic nitrogens is 2. The van der Waals surface area contributed by atoms with Crippen molar-refractivity contribution in [2.24, 2.45) is 0 Å². The fourth-order valence-electron chi connectivity index (χ4n) is 2.84. The van der Waals surface area contributed by atoms with E-state index < -0.39 is 0 Å². The molecule has 0 unspecified atom stereocenters. The molecule has 1 aromatic rings. The SMILES string of the molecule is CC1(c2cncn2CC(=O)NC2CC2)CCNCC1. The highest BCUT2D eigenvalue weighted by molar-refractivity contribution is 5.76. The van der Waals surface area contributed by atoms with Crippen molar-refractivity contribution in [2.45, 2.75) is 50.6 Å². The van der Waals surface area contributed by atoms with E-state index in [1.54, 1.807) is 6.33 Å². The monoisotopic (exact) mass is 262 g/mol. The summed E-state index contributed by atoms with van der Waals surface area (Å²) in [5, 5.41) is 6.42. The number of carbonyl (C=O) groups is 1. The van der Waals surface area contributed by atoms with E-state index in [4.69, 9.17) is 0 Å². The maximum Gasteiger partial charge on any atom is 0.240 e. The first-order valence-electron chi connectivity index (χ1n) is 7.18. The molecule has 0 atom stereocenters. The second kappa shape index (κ2) is 4.96. The number of nitrogens with zero attached hydrogens (tertiary/aromatic N) is 2. The van der Waals surface area contributed by atoms with Crippen molar-refractivity contribution >= 4 is 5.91 Å². The minimum Gasteiger partial charge on any atom is -0.352 e. The Morgan fingerprint density at radius 2 is 2.26 bits per heavy atom. The smallest absolute Gasteiger partial charge is 0.240 e. The normalized spacial score (nSPS) is 22.2. The number of hydrogen-bond acceptors (Lipinski definition) is 3. The van der Waals surface area contributed by atoms with Crippen LogP contribution < -0.4 is 10.6 Å². The van der Waals surface area contributed by atoms with Crippen molar-refractivity contribution in [3.05, 3.63) is 18.2 Å². The summed E-state index contributed by atoms with van der Waals surface area (Å²) in [4.78, 5) is 16.2. The van der Waals surface area contributed by atoms with Crippen LogP contribution in [0.3, 0.4) is 0 Å². The molecule has 0 spiro atoms. The molecule has 1 saturated heterocycles. The van der Waals surface area contributed by atoms with E-state index in [-0.39, 0.29) is 11.3 Å². The predicted molar refractivity (Wildman–Crippen MR) is 72.8 cm³/mol. The molecule has 5 nitrogen and oxygen atoms in total. The van der Waals surface area contributed by atoms with Crippen molar-refractivity contribution in [3.8, 4) is 0 Å². The number of rotatable bonds is 4. The van der Waals surface area contributed by atoms with Gasteiger partial charge in [0.2, 0.25) is 5.91 Å². The molecule has 0 radical (unpaired) electrons. The van der Waals surface area contributed by atoms with E-state index in [9.17, 15) is 4.79 Å². The van der Waals surface area contributed by atoms with Gasteiger partial charge in [0, 0.05) is 23.3 Å². The molecule has 5 heteroatoms. The Morgan fingerprint density at radius 3 is 2.95 bits per heavy atom.